The lowest BCUT2D eigenvalue weighted by atomic mass is 10.1. The van der Waals surface area contributed by atoms with Crippen LogP contribution in [0.3, 0.4) is 0 Å². The predicted octanol–water partition coefficient (Wildman–Crippen LogP) is 3.54. The Labute approximate surface area is 147 Å². The number of nitrogens with one attached hydrogen (secondary N) is 1. The maximum absolute atomic E-state index is 12.2. The summed E-state index contributed by atoms with van der Waals surface area (Å²) < 4.78 is 10.3. The molecule has 0 aliphatic rings. The third-order valence-corrected chi connectivity index (χ3v) is 4.73. The first-order valence-corrected chi connectivity index (χ1v) is 8.71. The average Bonchev–Trinajstić information content (AvgIpc) is 2.62. The number of carbonyl (C=O) groups is 1. The van der Waals surface area contributed by atoms with Gasteiger partial charge in [-0.2, -0.15) is 0 Å². The van der Waals surface area contributed by atoms with Crippen molar-refractivity contribution in [3.8, 4) is 11.5 Å². The molecule has 0 bridgehead atoms. The zero-order valence-corrected chi connectivity index (χ0v) is 15.1. The molecular weight excluding hydrogens is 322 g/mol. The maximum atomic E-state index is 12.2. The van der Waals surface area contributed by atoms with Gasteiger partial charge < -0.3 is 14.8 Å². The highest BCUT2D eigenvalue weighted by Gasteiger charge is 2.13. The molecule has 4 nitrogen and oxygen atoms in total. The van der Waals surface area contributed by atoms with Crippen LogP contribution in [0.2, 0.25) is 0 Å². The molecule has 1 atom stereocenters. The minimum absolute atomic E-state index is 0.0457. The van der Waals surface area contributed by atoms with Crippen LogP contribution < -0.4 is 14.8 Å². The fraction of sp³-hybridized carbons (Fsp3) is 0.316. The SMILES string of the molecule is COc1ccc(CCNC(=O)C(C)Sc2ccc(OC)cc2)cc1. The van der Waals surface area contributed by atoms with Gasteiger partial charge in [-0.15, -0.1) is 11.8 Å². The second-order valence-electron chi connectivity index (χ2n) is 5.32. The second-order valence-corrected chi connectivity index (χ2v) is 6.74. The second kappa shape index (κ2) is 9.23. The lowest BCUT2D eigenvalue weighted by Crippen LogP contribution is -2.32. The van der Waals surface area contributed by atoms with Crippen molar-refractivity contribution < 1.29 is 14.3 Å². The summed E-state index contributed by atoms with van der Waals surface area (Å²) in [7, 11) is 3.29. The number of hydrogen-bond donors (Lipinski definition) is 1. The minimum Gasteiger partial charge on any atom is -0.497 e. The molecule has 1 N–H and O–H groups in total. The molecular formula is C19H23NO3S. The van der Waals surface area contributed by atoms with Crippen LogP contribution in [0.25, 0.3) is 0 Å². The molecule has 0 saturated carbocycles. The van der Waals surface area contributed by atoms with E-state index in [9.17, 15) is 4.79 Å². The van der Waals surface area contributed by atoms with E-state index >= 15 is 0 Å². The summed E-state index contributed by atoms with van der Waals surface area (Å²) in [6.45, 7) is 2.54. The van der Waals surface area contributed by atoms with Crippen molar-refractivity contribution in [3.05, 3.63) is 54.1 Å². The number of carbonyl (C=O) groups excluding carboxylic acids is 1. The van der Waals surface area contributed by atoms with Crippen LogP contribution in [0.1, 0.15) is 12.5 Å². The number of thioether (sulfide) groups is 1. The molecule has 0 fully saturated rings. The molecule has 0 radical (unpaired) electrons. The van der Waals surface area contributed by atoms with Gasteiger partial charge in [0.05, 0.1) is 19.5 Å². The van der Waals surface area contributed by atoms with Crippen LogP contribution in [-0.2, 0) is 11.2 Å². The molecule has 0 aromatic heterocycles. The van der Waals surface area contributed by atoms with E-state index in [0.717, 1.165) is 22.8 Å². The van der Waals surface area contributed by atoms with Gasteiger partial charge in [0.2, 0.25) is 5.91 Å². The van der Waals surface area contributed by atoms with E-state index < -0.39 is 0 Å². The van der Waals surface area contributed by atoms with Crippen molar-refractivity contribution in [2.75, 3.05) is 20.8 Å². The van der Waals surface area contributed by atoms with Crippen molar-refractivity contribution in [3.63, 3.8) is 0 Å². The Morgan fingerprint density at radius 1 is 1.00 bits per heavy atom. The van der Waals surface area contributed by atoms with Gasteiger partial charge in [-0.05, 0) is 55.3 Å². The Hall–Kier alpha value is -2.14. The standard InChI is InChI=1S/C19H23NO3S/c1-14(24-18-10-8-17(23-3)9-11-18)19(21)20-13-12-15-4-6-16(22-2)7-5-15/h4-11,14H,12-13H2,1-3H3,(H,20,21). The van der Waals surface area contributed by atoms with Gasteiger partial charge in [0.15, 0.2) is 0 Å². The molecule has 0 heterocycles. The van der Waals surface area contributed by atoms with Gasteiger partial charge in [-0.1, -0.05) is 12.1 Å². The van der Waals surface area contributed by atoms with E-state index in [-0.39, 0.29) is 11.2 Å². The zero-order valence-electron chi connectivity index (χ0n) is 14.2. The van der Waals surface area contributed by atoms with Crippen LogP contribution in [0.4, 0.5) is 0 Å². The van der Waals surface area contributed by atoms with Gasteiger partial charge in [0.1, 0.15) is 11.5 Å². The molecule has 24 heavy (non-hydrogen) atoms. The first-order chi connectivity index (χ1) is 11.6. The molecule has 5 heteroatoms. The summed E-state index contributed by atoms with van der Waals surface area (Å²) in [6.07, 6.45) is 0.801. The Balaban J connectivity index is 1.76. The third kappa shape index (κ3) is 5.49. The highest BCUT2D eigenvalue weighted by molar-refractivity contribution is 8.00. The van der Waals surface area contributed by atoms with E-state index in [2.05, 4.69) is 5.32 Å². The quantitative estimate of drug-likeness (QED) is 0.744. The highest BCUT2D eigenvalue weighted by atomic mass is 32.2. The molecule has 0 spiro atoms. The molecule has 0 saturated heterocycles. The van der Waals surface area contributed by atoms with E-state index in [1.165, 1.54) is 17.3 Å². The van der Waals surface area contributed by atoms with Crippen molar-refractivity contribution >= 4 is 17.7 Å². The van der Waals surface area contributed by atoms with E-state index in [1.54, 1.807) is 14.2 Å². The van der Waals surface area contributed by atoms with Crippen LogP contribution in [-0.4, -0.2) is 31.9 Å². The molecule has 1 amide bonds. The molecule has 2 aromatic carbocycles. The van der Waals surface area contributed by atoms with E-state index in [0.29, 0.717) is 6.54 Å². The first-order valence-electron chi connectivity index (χ1n) is 7.83. The molecule has 128 valence electrons. The normalized spacial score (nSPS) is 11.6. The fourth-order valence-corrected chi connectivity index (χ4v) is 3.07. The van der Waals surface area contributed by atoms with Gasteiger partial charge in [-0.3, -0.25) is 4.79 Å². The largest absolute Gasteiger partial charge is 0.497 e. The molecule has 0 aliphatic heterocycles. The number of rotatable bonds is 8. The number of hydrogen-bond acceptors (Lipinski definition) is 4. The summed E-state index contributed by atoms with van der Waals surface area (Å²) in [6, 6.07) is 15.6. The lowest BCUT2D eigenvalue weighted by molar-refractivity contribution is -0.120. The van der Waals surface area contributed by atoms with Gasteiger partial charge in [0, 0.05) is 11.4 Å². The van der Waals surface area contributed by atoms with E-state index in [4.69, 9.17) is 9.47 Å². The summed E-state index contributed by atoms with van der Waals surface area (Å²) >= 11 is 1.54. The monoisotopic (exact) mass is 345 g/mol. The van der Waals surface area contributed by atoms with Crippen molar-refractivity contribution in [1.82, 2.24) is 5.32 Å². The Kier molecular flexibility index (Phi) is 7.00. The Morgan fingerprint density at radius 2 is 1.54 bits per heavy atom. The van der Waals surface area contributed by atoms with Crippen LogP contribution >= 0.6 is 11.8 Å². The summed E-state index contributed by atoms with van der Waals surface area (Å²) in [5, 5.41) is 2.84. The summed E-state index contributed by atoms with van der Waals surface area (Å²) in [5.74, 6) is 1.70. The lowest BCUT2D eigenvalue weighted by Gasteiger charge is -2.12. The molecule has 1 unspecified atom stereocenters. The van der Waals surface area contributed by atoms with Gasteiger partial charge in [0.25, 0.3) is 0 Å². The van der Waals surface area contributed by atoms with Crippen LogP contribution in [0.5, 0.6) is 11.5 Å². The van der Waals surface area contributed by atoms with E-state index in [1.807, 2.05) is 55.5 Å². The third-order valence-electron chi connectivity index (χ3n) is 3.61. The van der Waals surface area contributed by atoms with Crippen LogP contribution in [0, 0.1) is 0 Å². The fourth-order valence-electron chi connectivity index (χ4n) is 2.18. The van der Waals surface area contributed by atoms with Crippen molar-refractivity contribution in [2.24, 2.45) is 0 Å². The Bertz CT molecular complexity index is 641. The summed E-state index contributed by atoms with van der Waals surface area (Å²) in [5.41, 5.74) is 1.17. The van der Waals surface area contributed by atoms with Crippen LogP contribution in [0.15, 0.2) is 53.4 Å². The zero-order chi connectivity index (χ0) is 17.4. The molecule has 2 aromatic rings. The Morgan fingerprint density at radius 3 is 2.08 bits per heavy atom. The van der Waals surface area contributed by atoms with Gasteiger partial charge in [-0.25, -0.2) is 0 Å². The smallest absolute Gasteiger partial charge is 0.233 e. The van der Waals surface area contributed by atoms with Gasteiger partial charge >= 0.3 is 0 Å². The topological polar surface area (TPSA) is 47.6 Å². The average molecular weight is 345 g/mol. The molecule has 0 aliphatic carbocycles. The van der Waals surface area contributed by atoms with Crippen molar-refractivity contribution in [1.29, 1.82) is 0 Å². The summed E-state index contributed by atoms with van der Waals surface area (Å²) in [4.78, 5) is 13.2. The van der Waals surface area contributed by atoms with Crippen molar-refractivity contribution in [2.45, 2.75) is 23.5 Å². The number of amides is 1. The minimum atomic E-state index is -0.144. The number of benzene rings is 2. The number of ether oxygens (including phenoxy) is 2. The number of methoxy groups -OCH3 is 2. The maximum Gasteiger partial charge on any atom is 0.233 e. The molecule has 2 rings (SSSR count). The highest BCUT2D eigenvalue weighted by Crippen LogP contribution is 2.25. The first kappa shape index (κ1) is 18.2. The predicted molar refractivity (Wildman–Crippen MR) is 98.0 cm³/mol.